The van der Waals surface area contributed by atoms with Crippen LogP contribution in [0.5, 0.6) is 0 Å². The Labute approximate surface area is 148 Å². The van der Waals surface area contributed by atoms with Crippen molar-refractivity contribution in [2.75, 3.05) is 0 Å². The molecular formula is C18H16BrN3O2. The van der Waals surface area contributed by atoms with Crippen molar-refractivity contribution in [2.24, 2.45) is 0 Å². The van der Waals surface area contributed by atoms with Gasteiger partial charge in [0.1, 0.15) is 6.61 Å². The SMILES string of the molecule is O=C(NCc1ccn(-c2ccc(Br)cc2)n1)OCc1ccccc1. The van der Waals surface area contributed by atoms with E-state index in [1.54, 1.807) is 4.68 Å². The molecule has 24 heavy (non-hydrogen) atoms. The third-order valence-corrected chi connectivity index (χ3v) is 3.89. The van der Waals surface area contributed by atoms with Crippen molar-refractivity contribution in [1.82, 2.24) is 15.1 Å². The quantitative estimate of drug-likeness (QED) is 0.720. The third-order valence-electron chi connectivity index (χ3n) is 3.36. The number of nitrogens with one attached hydrogen (secondary N) is 1. The van der Waals surface area contributed by atoms with E-state index in [4.69, 9.17) is 4.74 Å². The summed E-state index contributed by atoms with van der Waals surface area (Å²) in [5.74, 6) is 0. The van der Waals surface area contributed by atoms with E-state index < -0.39 is 6.09 Å². The van der Waals surface area contributed by atoms with E-state index in [2.05, 4.69) is 26.3 Å². The minimum Gasteiger partial charge on any atom is -0.445 e. The Balaban J connectivity index is 1.50. The van der Waals surface area contributed by atoms with Gasteiger partial charge in [-0.1, -0.05) is 46.3 Å². The molecule has 1 N–H and O–H groups in total. The van der Waals surface area contributed by atoms with E-state index in [9.17, 15) is 4.79 Å². The molecule has 1 heterocycles. The van der Waals surface area contributed by atoms with Crippen LogP contribution in [0.25, 0.3) is 5.69 Å². The first kappa shape index (κ1) is 16.3. The topological polar surface area (TPSA) is 56.2 Å². The molecule has 0 radical (unpaired) electrons. The minimum atomic E-state index is -0.461. The van der Waals surface area contributed by atoms with E-state index in [1.165, 1.54) is 0 Å². The second-order valence-corrected chi connectivity index (χ2v) is 6.06. The molecule has 1 aromatic heterocycles. The van der Waals surface area contributed by atoms with E-state index >= 15 is 0 Å². The molecule has 0 saturated heterocycles. The molecule has 0 aliphatic carbocycles. The molecule has 0 bridgehead atoms. The Kier molecular flexibility index (Phi) is 5.28. The molecule has 0 spiro atoms. The van der Waals surface area contributed by atoms with Crippen molar-refractivity contribution in [3.05, 3.63) is 82.6 Å². The van der Waals surface area contributed by atoms with Crippen molar-refractivity contribution < 1.29 is 9.53 Å². The van der Waals surface area contributed by atoms with Crippen LogP contribution in [0.1, 0.15) is 11.3 Å². The summed E-state index contributed by atoms with van der Waals surface area (Å²) in [6, 6.07) is 19.2. The van der Waals surface area contributed by atoms with Crippen LogP contribution in [-0.2, 0) is 17.9 Å². The number of amides is 1. The average Bonchev–Trinajstić information content (AvgIpc) is 3.09. The van der Waals surface area contributed by atoms with Crippen molar-refractivity contribution in [2.45, 2.75) is 13.2 Å². The van der Waals surface area contributed by atoms with Crippen LogP contribution in [-0.4, -0.2) is 15.9 Å². The van der Waals surface area contributed by atoms with E-state index in [1.807, 2.05) is 66.9 Å². The second-order valence-electron chi connectivity index (χ2n) is 5.14. The Bertz CT molecular complexity index is 801. The monoisotopic (exact) mass is 385 g/mol. The van der Waals surface area contributed by atoms with Crippen molar-refractivity contribution in [3.8, 4) is 5.69 Å². The molecule has 3 aromatic rings. The van der Waals surface area contributed by atoms with Gasteiger partial charge in [-0.3, -0.25) is 0 Å². The Morgan fingerprint density at radius 1 is 1.08 bits per heavy atom. The Morgan fingerprint density at radius 2 is 1.83 bits per heavy atom. The van der Waals surface area contributed by atoms with Gasteiger partial charge in [0.15, 0.2) is 0 Å². The summed E-state index contributed by atoms with van der Waals surface area (Å²) in [6.45, 7) is 0.567. The highest BCUT2D eigenvalue weighted by Gasteiger charge is 2.05. The lowest BCUT2D eigenvalue weighted by molar-refractivity contribution is 0.139. The largest absolute Gasteiger partial charge is 0.445 e. The van der Waals surface area contributed by atoms with Crippen molar-refractivity contribution >= 4 is 22.0 Å². The third kappa shape index (κ3) is 4.45. The summed E-state index contributed by atoms with van der Waals surface area (Å²) < 4.78 is 7.94. The van der Waals surface area contributed by atoms with Crippen LogP contribution < -0.4 is 5.32 Å². The zero-order valence-corrected chi connectivity index (χ0v) is 14.4. The van der Waals surface area contributed by atoms with Crippen molar-refractivity contribution in [3.63, 3.8) is 0 Å². The predicted molar refractivity (Wildman–Crippen MR) is 94.7 cm³/mol. The molecule has 6 heteroatoms. The molecule has 0 unspecified atom stereocenters. The van der Waals surface area contributed by atoms with Gasteiger partial charge >= 0.3 is 6.09 Å². The van der Waals surface area contributed by atoms with Crippen LogP contribution >= 0.6 is 15.9 Å². The Hall–Kier alpha value is -2.60. The number of ether oxygens (including phenoxy) is 1. The number of alkyl carbamates (subject to hydrolysis) is 1. The fourth-order valence-electron chi connectivity index (χ4n) is 2.13. The second kappa shape index (κ2) is 7.79. The number of carbonyl (C=O) groups excluding carboxylic acids is 1. The van der Waals surface area contributed by atoms with Crippen LogP contribution in [0.15, 0.2) is 71.3 Å². The van der Waals surface area contributed by atoms with Gasteiger partial charge in [0.05, 0.1) is 17.9 Å². The molecule has 0 fully saturated rings. The van der Waals surface area contributed by atoms with Gasteiger partial charge in [-0.25, -0.2) is 9.48 Å². The molecule has 1 amide bonds. The first-order valence-electron chi connectivity index (χ1n) is 7.46. The molecular weight excluding hydrogens is 370 g/mol. The zero-order valence-electron chi connectivity index (χ0n) is 12.9. The van der Waals surface area contributed by atoms with Gasteiger partial charge in [-0.15, -0.1) is 0 Å². The lowest BCUT2D eigenvalue weighted by Gasteiger charge is -2.06. The van der Waals surface area contributed by atoms with Gasteiger partial charge in [0.25, 0.3) is 0 Å². The highest BCUT2D eigenvalue weighted by molar-refractivity contribution is 9.10. The maximum Gasteiger partial charge on any atom is 0.407 e. The molecule has 0 aliphatic rings. The first-order chi connectivity index (χ1) is 11.7. The van der Waals surface area contributed by atoms with E-state index in [0.717, 1.165) is 21.4 Å². The first-order valence-corrected chi connectivity index (χ1v) is 8.25. The van der Waals surface area contributed by atoms with Crippen LogP contribution in [0.4, 0.5) is 4.79 Å². The number of carbonyl (C=O) groups is 1. The number of hydrogen-bond acceptors (Lipinski definition) is 3. The number of benzene rings is 2. The van der Waals surface area contributed by atoms with Gasteiger partial charge < -0.3 is 10.1 Å². The molecule has 5 nitrogen and oxygen atoms in total. The van der Waals surface area contributed by atoms with Gasteiger partial charge in [0.2, 0.25) is 0 Å². The summed E-state index contributed by atoms with van der Waals surface area (Å²) in [4.78, 5) is 11.7. The van der Waals surface area contributed by atoms with Crippen molar-refractivity contribution in [1.29, 1.82) is 0 Å². The zero-order chi connectivity index (χ0) is 16.8. The fraction of sp³-hybridized carbons (Fsp3) is 0.111. The highest BCUT2D eigenvalue weighted by Crippen LogP contribution is 2.13. The highest BCUT2D eigenvalue weighted by atomic mass is 79.9. The van der Waals surface area contributed by atoms with Crippen LogP contribution in [0.2, 0.25) is 0 Å². The lowest BCUT2D eigenvalue weighted by atomic mass is 10.2. The number of rotatable bonds is 5. The van der Waals surface area contributed by atoms with E-state index in [0.29, 0.717) is 6.54 Å². The summed E-state index contributed by atoms with van der Waals surface area (Å²) in [7, 11) is 0. The fourth-order valence-corrected chi connectivity index (χ4v) is 2.39. The van der Waals surface area contributed by atoms with Gasteiger partial charge in [-0.2, -0.15) is 5.10 Å². The number of aromatic nitrogens is 2. The van der Waals surface area contributed by atoms with E-state index in [-0.39, 0.29) is 6.61 Å². The maximum atomic E-state index is 11.7. The number of halogens is 1. The molecule has 122 valence electrons. The maximum absolute atomic E-state index is 11.7. The molecule has 0 atom stereocenters. The lowest BCUT2D eigenvalue weighted by Crippen LogP contribution is -2.23. The van der Waals surface area contributed by atoms with Crippen LogP contribution in [0, 0.1) is 0 Å². The van der Waals surface area contributed by atoms with Gasteiger partial charge in [-0.05, 0) is 35.9 Å². The number of hydrogen-bond donors (Lipinski definition) is 1. The van der Waals surface area contributed by atoms with Gasteiger partial charge in [0, 0.05) is 10.7 Å². The standard InChI is InChI=1S/C18H16BrN3O2/c19-15-6-8-17(9-7-15)22-11-10-16(21-22)12-20-18(23)24-13-14-4-2-1-3-5-14/h1-11H,12-13H2,(H,20,23). The summed E-state index contributed by atoms with van der Waals surface area (Å²) in [6.07, 6.45) is 1.40. The average molecular weight is 386 g/mol. The smallest absolute Gasteiger partial charge is 0.407 e. The summed E-state index contributed by atoms with van der Waals surface area (Å²) >= 11 is 3.40. The predicted octanol–water partition coefficient (Wildman–Crippen LogP) is 4.06. The van der Waals surface area contributed by atoms with Crippen LogP contribution in [0.3, 0.4) is 0 Å². The minimum absolute atomic E-state index is 0.250. The normalized spacial score (nSPS) is 10.4. The molecule has 3 rings (SSSR count). The molecule has 2 aromatic carbocycles. The summed E-state index contributed by atoms with van der Waals surface area (Å²) in [5, 5.41) is 7.13. The summed E-state index contributed by atoms with van der Waals surface area (Å²) in [5.41, 5.74) is 2.66. The number of nitrogens with zero attached hydrogens (tertiary/aromatic N) is 2. The molecule has 0 aliphatic heterocycles. The Morgan fingerprint density at radius 3 is 2.58 bits per heavy atom. The molecule has 0 saturated carbocycles.